The van der Waals surface area contributed by atoms with Gasteiger partial charge in [0.05, 0.1) is 13.2 Å². The van der Waals surface area contributed by atoms with E-state index in [0.717, 1.165) is 38.9 Å². The van der Waals surface area contributed by atoms with Crippen LogP contribution in [0.5, 0.6) is 5.75 Å². The molecule has 1 aromatic heterocycles. The number of carbonyl (C=O) groups excluding carboxylic acids is 1. The number of fused-ring (bicyclic) bond motifs is 2. The minimum Gasteiger partial charge on any atom is -0.493 e. The highest BCUT2D eigenvalue weighted by atomic mass is 32.1. The zero-order valence-corrected chi connectivity index (χ0v) is 15.2. The minimum atomic E-state index is -0.261. The Morgan fingerprint density at radius 1 is 1.08 bits per heavy atom. The molecule has 0 atom stereocenters. The molecule has 0 amide bonds. The predicted molar refractivity (Wildman–Crippen MR) is 105 cm³/mol. The van der Waals surface area contributed by atoms with Crippen LogP contribution in [-0.4, -0.2) is 26.9 Å². The molecule has 0 aliphatic carbocycles. The van der Waals surface area contributed by atoms with Crippen LogP contribution in [0.15, 0.2) is 41.2 Å². The van der Waals surface area contributed by atoms with Crippen molar-refractivity contribution in [2.75, 3.05) is 13.2 Å². The van der Waals surface area contributed by atoms with Crippen molar-refractivity contribution in [3.05, 3.63) is 52.2 Å². The molecular weight excluding hydrogens is 335 g/mol. The maximum absolute atomic E-state index is 12.7. The molecule has 3 aromatic rings. The number of hydrogen-bond acceptors (Lipinski definition) is 5. The summed E-state index contributed by atoms with van der Waals surface area (Å²) in [6, 6.07) is 11.5. The van der Waals surface area contributed by atoms with Crippen LogP contribution in [0.25, 0.3) is 20.2 Å². The number of ether oxygens (including phenoxy) is 2. The maximum atomic E-state index is 12.7. The number of aryl methyl sites for hydroxylation is 1. The van der Waals surface area contributed by atoms with Gasteiger partial charge in [0, 0.05) is 20.2 Å². The highest BCUT2D eigenvalue weighted by Gasteiger charge is 2.09. The van der Waals surface area contributed by atoms with E-state index in [9.17, 15) is 9.59 Å². The summed E-state index contributed by atoms with van der Waals surface area (Å²) in [5.74, 6) is 0.474. The van der Waals surface area contributed by atoms with Gasteiger partial charge in [-0.15, -0.1) is 11.3 Å². The molecule has 128 valence electrons. The molecule has 1 heterocycles. The molecular formula is C19H19BO4S. The Labute approximate surface area is 150 Å². The number of carbonyl (C=O) groups is 1. The van der Waals surface area contributed by atoms with Gasteiger partial charge in [-0.25, -0.2) is 0 Å². The van der Waals surface area contributed by atoms with Crippen molar-refractivity contribution in [2.24, 2.45) is 0 Å². The van der Waals surface area contributed by atoms with E-state index in [0.29, 0.717) is 18.6 Å². The van der Waals surface area contributed by atoms with Gasteiger partial charge in [0.25, 0.3) is 0 Å². The third-order valence-electron chi connectivity index (χ3n) is 3.97. The molecule has 0 aliphatic heterocycles. The summed E-state index contributed by atoms with van der Waals surface area (Å²) in [6.07, 6.45) is 1.54. The molecule has 0 radical (unpaired) electrons. The molecule has 0 aliphatic rings. The highest BCUT2D eigenvalue weighted by Crippen LogP contribution is 2.30. The largest absolute Gasteiger partial charge is 0.493 e. The first-order valence-electron chi connectivity index (χ1n) is 8.28. The molecule has 0 saturated heterocycles. The average molecular weight is 354 g/mol. The van der Waals surface area contributed by atoms with Crippen molar-refractivity contribution in [1.29, 1.82) is 0 Å². The Balaban J connectivity index is 1.79. The normalized spacial score (nSPS) is 10.9. The second kappa shape index (κ2) is 7.70. The van der Waals surface area contributed by atoms with Crippen LogP contribution in [0.1, 0.15) is 18.4 Å². The van der Waals surface area contributed by atoms with E-state index in [4.69, 9.17) is 9.47 Å². The fourth-order valence-electron chi connectivity index (χ4n) is 2.69. The summed E-state index contributed by atoms with van der Waals surface area (Å²) in [4.78, 5) is 23.4. The topological polar surface area (TPSA) is 52.6 Å². The molecule has 2 aromatic carbocycles. The second-order valence-corrected chi connectivity index (χ2v) is 7.02. The third-order valence-corrected chi connectivity index (χ3v) is 5.11. The summed E-state index contributed by atoms with van der Waals surface area (Å²) < 4.78 is 12.7. The smallest absolute Gasteiger partial charge is 0.243 e. The summed E-state index contributed by atoms with van der Waals surface area (Å²) >= 11 is 1.62. The summed E-state index contributed by atoms with van der Waals surface area (Å²) in [5.41, 5.74) is 1.06. The number of rotatable bonds is 6. The van der Waals surface area contributed by atoms with E-state index in [1.165, 1.54) is 7.85 Å². The fraction of sp³-hybridized carbons (Fsp3) is 0.263. The van der Waals surface area contributed by atoms with Gasteiger partial charge in [0.2, 0.25) is 13.7 Å². The SMILES string of the molecule is BC(=O)OCCCCOc1cc2c(=O)c3ccccc3sc2cc1C. The lowest BCUT2D eigenvalue weighted by Crippen LogP contribution is -2.06. The average Bonchev–Trinajstić information content (AvgIpc) is 2.58. The molecule has 0 saturated carbocycles. The van der Waals surface area contributed by atoms with Crippen molar-refractivity contribution >= 4 is 45.2 Å². The zero-order chi connectivity index (χ0) is 17.8. The molecule has 0 spiro atoms. The van der Waals surface area contributed by atoms with Crippen molar-refractivity contribution < 1.29 is 14.3 Å². The summed E-state index contributed by atoms with van der Waals surface area (Å²) in [7, 11) is 1.40. The molecule has 0 unspecified atom stereocenters. The van der Waals surface area contributed by atoms with Crippen molar-refractivity contribution in [1.82, 2.24) is 0 Å². The molecule has 0 N–H and O–H groups in total. The molecule has 4 nitrogen and oxygen atoms in total. The first kappa shape index (κ1) is 17.5. The van der Waals surface area contributed by atoms with Crippen molar-refractivity contribution in [3.8, 4) is 5.75 Å². The quantitative estimate of drug-likeness (QED) is 0.385. The molecule has 6 heteroatoms. The van der Waals surface area contributed by atoms with Gasteiger partial charge in [0.1, 0.15) is 5.75 Å². The van der Waals surface area contributed by atoms with Crippen LogP contribution in [-0.2, 0) is 4.74 Å². The molecule has 3 rings (SSSR count). The van der Waals surface area contributed by atoms with Gasteiger partial charge < -0.3 is 9.47 Å². The van der Waals surface area contributed by atoms with E-state index in [2.05, 4.69) is 0 Å². The van der Waals surface area contributed by atoms with Crippen LogP contribution < -0.4 is 10.2 Å². The van der Waals surface area contributed by atoms with Gasteiger partial charge in [-0.3, -0.25) is 9.59 Å². The highest BCUT2D eigenvalue weighted by molar-refractivity contribution is 7.24. The van der Waals surface area contributed by atoms with Gasteiger partial charge in [-0.05, 0) is 49.6 Å². The van der Waals surface area contributed by atoms with E-state index in [1.807, 2.05) is 43.3 Å². The number of unbranched alkanes of at least 4 members (excludes halogenated alkanes) is 1. The fourth-order valence-corrected chi connectivity index (χ4v) is 3.84. The van der Waals surface area contributed by atoms with Gasteiger partial charge in [0.15, 0.2) is 5.43 Å². The van der Waals surface area contributed by atoms with Crippen LogP contribution in [0.4, 0.5) is 4.79 Å². The number of hydrogen-bond donors (Lipinski definition) is 0. The van der Waals surface area contributed by atoms with Crippen LogP contribution >= 0.6 is 11.3 Å². The van der Waals surface area contributed by atoms with Gasteiger partial charge >= 0.3 is 0 Å². The Morgan fingerprint density at radius 3 is 2.64 bits per heavy atom. The van der Waals surface area contributed by atoms with Crippen LogP contribution in [0, 0.1) is 6.92 Å². The van der Waals surface area contributed by atoms with E-state index in [-0.39, 0.29) is 11.3 Å². The third kappa shape index (κ3) is 4.02. The van der Waals surface area contributed by atoms with Crippen LogP contribution in [0.3, 0.4) is 0 Å². The molecule has 0 bridgehead atoms. The lowest BCUT2D eigenvalue weighted by atomic mass is 10.1. The first-order valence-corrected chi connectivity index (χ1v) is 9.10. The maximum Gasteiger partial charge on any atom is 0.243 e. The lowest BCUT2D eigenvalue weighted by molar-refractivity contribution is 0.167. The molecule has 0 fully saturated rings. The monoisotopic (exact) mass is 354 g/mol. The second-order valence-electron chi connectivity index (χ2n) is 5.94. The number of benzene rings is 2. The Bertz CT molecular complexity index is 980. The van der Waals surface area contributed by atoms with E-state index >= 15 is 0 Å². The zero-order valence-electron chi connectivity index (χ0n) is 14.3. The first-order chi connectivity index (χ1) is 12.1. The van der Waals surface area contributed by atoms with E-state index < -0.39 is 0 Å². The Kier molecular flexibility index (Phi) is 5.39. The summed E-state index contributed by atoms with van der Waals surface area (Å²) in [5, 5.41) is 1.44. The lowest BCUT2D eigenvalue weighted by Gasteiger charge is -2.11. The van der Waals surface area contributed by atoms with Crippen LogP contribution in [0.2, 0.25) is 0 Å². The van der Waals surface area contributed by atoms with Gasteiger partial charge in [-0.2, -0.15) is 0 Å². The predicted octanol–water partition coefficient (Wildman–Crippen LogP) is 3.65. The summed E-state index contributed by atoms with van der Waals surface area (Å²) in [6.45, 7) is 2.92. The van der Waals surface area contributed by atoms with Crippen molar-refractivity contribution in [2.45, 2.75) is 19.8 Å². The molecule has 25 heavy (non-hydrogen) atoms. The Morgan fingerprint density at radius 2 is 1.84 bits per heavy atom. The standard InChI is InChI=1S/C19H19BO4S/c1-12-10-17-14(18(21)13-6-2-3-7-16(13)25-17)11-15(12)23-8-4-5-9-24-19(20)22/h2-3,6-7,10-11H,4-5,8-9,20H2,1H3. The Hall–Kier alpha value is -2.34. The van der Waals surface area contributed by atoms with E-state index in [1.54, 1.807) is 11.3 Å². The van der Waals surface area contributed by atoms with Gasteiger partial charge in [-0.1, -0.05) is 12.1 Å². The van der Waals surface area contributed by atoms with Crippen molar-refractivity contribution in [3.63, 3.8) is 0 Å². The minimum absolute atomic E-state index is 0.0454.